The fraction of sp³-hybridized carbons (Fsp3) is 0.600. The van der Waals surface area contributed by atoms with E-state index in [1.54, 1.807) is 6.08 Å². The highest BCUT2D eigenvalue weighted by atomic mass is 16.1. The summed E-state index contributed by atoms with van der Waals surface area (Å²) < 4.78 is 0. The van der Waals surface area contributed by atoms with Gasteiger partial charge in [0.25, 0.3) is 0 Å². The lowest BCUT2D eigenvalue weighted by molar-refractivity contribution is -0.115. The van der Waals surface area contributed by atoms with Crippen molar-refractivity contribution in [3.8, 4) is 6.07 Å². The van der Waals surface area contributed by atoms with E-state index >= 15 is 0 Å². The van der Waals surface area contributed by atoms with Crippen LogP contribution in [0.4, 0.5) is 0 Å². The zero-order chi connectivity index (χ0) is 8.55. The molecule has 0 radical (unpaired) electrons. The Bertz CT molecular complexity index is 285. The van der Waals surface area contributed by atoms with Gasteiger partial charge in [-0.2, -0.15) is 5.26 Å². The molecule has 62 valence electrons. The number of carbonyl (C=O) groups is 1. The fourth-order valence-electron chi connectivity index (χ4n) is 1.86. The minimum absolute atomic E-state index is 0.210. The zero-order valence-electron chi connectivity index (χ0n) is 6.92. The zero-order valence-corrected chi connectivity index (χ0v) is 6.92. The van der Waals surface area contributed by atoms with Crippen LogP contribution in [-0.4, -0.2) is 5.78 Å². The molecule has 12 heavy (non-hydrogen) atoms. The Morgan fingerprint density at radius 3 is 2.92 bits per heavy atom. The van der Waals surface area contributed by atoms with Crippen molar-refractivity contribution >= 4 is 5.78 Å². The number of nitriles is 1. The highest BCUT2D eigenvalue weighted by molar-refractivity contribution is 5.91. The van der Waals surface area contributed by atoms with Gasteiger partial charge in [0.15, 0.2) is 5.78 Å². The number of hydrogen-bond donors (Lipinski definition) is 0. The summed E-state index contributed by atoms with van der Waals surface area (Å²) in [6.45, 7) is 0. The van der Waals surface area contributed by atoms with Crippen molar-refractivity contribution in [1.29, 1.82) is 5.26 Å². The molecule has 0 amide bonds. The second-order valence-electron chi connectivity index (χ2n) is 3.62. The minimum Gasteiger partial charge on any atom is -0.295 e. The SMILES string of the molecule is N#C[C@@H]1C[C@H]1C1=CC(=O)CCC1. The van der Waals surface area contributed by atoms with Crippen LogP contribution in [0, 0.1) is 23.2 Å². The van der Waals surface area contributed by atoms with E-state index in [-0.39, 0.29) is 11.7 Å². The Balaban J connectivity index is 2.06. The van der Waals surface area contributed by atoms with Crippen molar-refractivity contribution in [3.63, 3.8) is 0 Å². The maximum atomic E-state index is 11.0. The first-order valence-electron chi connectivity index (χ1n) is 4.44. The molecule has 0 spiro atoms. The first-order valence-corrected chi connectivity index (χ1v) is 4.44. The predicted octanol–water partition coefficient (Wildman–Crippen LogP) is 1.83. The number of carbonyl (C=O) groups excluding carboxylic acids is 1. The van der Waals surface area contributed by atoms with E-state index in [9.17, 15) is 4.79 Å². The Kier molecular flexibility index (Phi) is 1.73. The van der Waals surface area contributed by atoms with Crippen molar-refractivity contribution in [1.82, 2.24) is 0 Å². The van der Waals surface area contributed by atoms with Crippen LogP contribution in [0.1, 0.15) is 25.7 Å². The van der Waals surface area contributed by atoms with Crippen LogP contribution in [-0.2, 0) is 4.79 Å². The monoisotopic (exact) mass is 161 g/mol. The molecule has 2 rings (SSSR count). The number of hydrogen-bond acceptors (Lipinski definition) is 2. The number of allylic oxidation sites excluding steroid dienone is 2. The van der Waals surface area contributed by atoms with Crippen molar-refractivity contribution in [2.45, 2.75) is 25.7 Å². The molecule has 0 bridgehead atoms. The summed E-state index contributed by atoms with van der Waals surface area (Å²) in [5.41, 5.74) is 1.23. The molecule has 0 unspecified atom stereocenters. The number of nitrogens with zero attached hydrogens (tertiary/aromatic N) is 1. The Morgan fingerprint density at radius 2 is 2.33 bits per heavy atom. The van der Waals surface area contributed by atoms with Gasteiger partial charge in [0.05, 0.1) is 12.0 Å². The molecule has 2 aliphatic rings. The summed E-state index contributed by atoms with van der Waals surface area (Å²) in [4.78, 5) is 11.0. The highest BCUT2D eigenvalue weighted by Crippen LogP contribution is 2.46. The van der Waals surface area contributed by atoms with E-state index in [0.717, 1.165) is 19.3 Å². The number of ketones is 1. The summed E-state index contributed by atoms with van der Waals surface area (Å²) in [5, 5.41) is 8.61. The van der Waals surface area contributed by atoms with E-state index in [1.165, 1.54) is 5.57 Å². The van der Waals surface area contributed by atoms with E-state index < -0.39 is 0 Å². The minimum atomic E-state index is 0.210. The average Bonchev–Trinajstić information content (AvgIpc) is 2.83. The van der Waals surface area contributed by atoms with Gasteiger partial charge in [-0.1, -0.05) is 5.57 Å². The third-order valence-corrected chi connectivity index (χ3v) is 2.67. The molecule has 1 fully saturated rings. The summed E-state index contributed by atoms with van der Waals surface area (Å²) in [6, 6.07) is 2.25. The molecule has 0 saturated heterocycles. The highest BCUT2D eigenvalue weighted by Gasteiger charge is 2.40. The van der Waals surface area contributed by atoms with E-state index in [0.29, 0.717) is 12.3 Å². The topological polar surface area (TPSA) is 40.9 Å². The summed E-state index contributed by atoms with van der Waals surface area (Å²) in [7, 11) is 0. The normalized spacial score (nSPS) is 33.9. The predicted molar refractivity (Wildman–Crippen MR) is 44.2 cm³/mol. The van der Waals surface area contributed by atoms with Crippen LogP contribution in [0.5, 0.6) is 0 Å². The maximum absolute atomic E-state index is 11.0. The first-order chi connectivity index (χ1) is 5.81. The molecule has 0 aromatic heterocycles. The Hall–Kier alpha value is -1.10. The second kappa shape index (κ2) is 2.75. The molecule has 2 aliphatic carbocycles. The average molecular weight is 161 g/mol. The van der Waals surface area contributed by atoms with E-state index in [4.69, 9.17) is 5.26 Å². The van der Waals surface area contributed by atoms with Gasteiger partial charge in [-0.15, -0.1) is 0 Å². The van der Waals surface area contributed by atoms with Crippen molar-refractivity contribution in [3.05, 3.63) is 11.6 Å². The van der Waals surface area contributed by atoms with Gasteiger partial charge in [-0.25, -0.2) is 0 Å². The first kappa shape index (κ1) is 7.54. The van der Waals surface area contributed by atoms with Crippen molar-refractivity contribution in [2.24, 2.45) is 11.8 Å². The summed E-state index contributed by atoms with van der Waals surface area (Å²) in [6.07, 6.45) is 5.47. The fourth-order valence-corrected chi connectivity index (χ4v) is 1.86. The van der Waals surface area contributed by atoms with Crippen LogP contribution in [0.2, 0.25) is 0 Å². The van der Waals surface area contributed by atoms with E-state index in [1.807, 2.05) is 0 Å². The van der Waals surface area contributed by atoms with Gasteiger partial charge in [0, 0.05) is 6.42 Å². The van der Waals surface area contributed by atoms with Crippen LogP contribution in [0.3, 0.4) is 0 Å². The third-order valence-electron chi connectivity index (χ3n) is 2.67. The lowest BCUT2D eigenvalue weighted by Gasteiger charge is -2.10. The van der Waals surface area contributed by atoms with Gasteiger partial charge >= 0.3 is 0 Å². The van der Waals surface area contributed by atoms with Crippen LogP contribution < -0.4 is 0 Å². The molecule has 0 aliphatic heterocycles. The second-order valence-corrected chi connectivity index (χ2v) is 3.62. The third kappa shape index (κ3) is 1.27. The van der Waals surface area contributed by atoms with Crippen molar-refractivity contribution in [2.75, 3.05) is 0 Å². The quantitative estimate of drug-likeness (QED) is 0.588. The van der Waals surface area contributed by atoms with Crippen LogP contribution >= 0.6 is 0 Å². The van der Waals surface area contributed by atoms with Gasteiger partial charge < -0.3 is 0 Å². The Labute approximate surface area is 71.9 Å². The number of rotatable bonds is 1. The molecular formula is C10H11NO. The van der Waals surface area contributed by atoms with Crippen LogP contribution in [0.15, 0.2) is 11.6 Å². The maximum Gasteiger partial charge on any atom is 0.155 e. The van der Waals surface area contributed by atoms with Gasteiger partial charge in [0.1, 0.15) is 0 Å². The standard InChI is InChI=1S/C10H11NO/c11-6-8-5-10(8)7-2-1-3-9(12)4-7/h4,8,10H,1-3,5H2/t8-,10-/m0/s1. The summed E-state index contributed by atoms with van der Waals surface area (Å²) in [5.74, 6) is 0.890. The summed E-state index contributed by atoms with van der Waals surface area (Å²) >= 11 is 0. The van der Waals surface area contributed by atoms with E-state index in [2.05, 4.69) is 6.07 Å². The molecule has 2 heteroatoms. The molecule has 0 heterocycles. The van der Waals surface area contributed by atoms with Gasteiger partial charge in [-0.05, 0) is 31.3 Å². The van der Waals surface area contributed by atoms with Gasteiger partial charge in [0.2, 0.25) is 0 Å². The van der Waals surface area contributed by atoms with Gasteiger partial charge in [-0.3, -0.25) is 4.79 Å². The van der Waals surface area contributed by atoms with Crippen molar-refractivity contribution < 1.29 is 4.79 Å². The molecule has 2 nitrogen and oxygen atoms in total. The smallest absolute Gasteiger partial charge is 0.155 e. The molecule has 0 aromatic carbocycles. The molecular weight excluding hydrogens is 150 g/mol. The molecule has 0 N–H and O–H groups in total. The molecule has 0 aromatic rings. The largest absolute Gasteiger partial charge is 0.295 e. The Morgan fingerprint density at radius 1 is 1.50 bits per heavy atom. The lowest BCUT2D eigenvalue weighted by atomic mass is 9.94. The van der Waals surface area contributed by atoms with Crippen LogP contribution in [0.25, 0.3) is 0 Å². The molecule has 2 atom stereocenters. The molecule has 1 saturated carbocycles. The lowest BCUT2D eigenvalue weighted by Crippen LogP contribution is -2.04.